The topological polar surface area (TPSA) is 38.3 Å². The molecule has 1 aromatic carbocycles. The summed E-state index contributed by atoms with van der Waals surface area (Å²) in [5.74, 6) is 0.360. The highest BCUT2D eigenvalue weighted by Gasteiger charge is 2.02. The second-order valence-electron chi connectivity index (χ2n) is 4.22. The van der Waals surface area contributed by atoms with Crippen LogP contribution in [0.4, 0.5) is 0 Å². The summed E-state index contributed by atoms with van der Waals surface area (Å²) in [5.41, 5.74) is 3.61. The number of carbonyl (C=O) groups is 1. The number of hydrogen-bond acceptors (Lipinski definition) is 2. The van der Waals surface area contributed by atoms with Crippen LogP contribution in [-0.4, -0.2) is 12.5 Å². The van der Waals surface area contributed by atoms with Crippen LogP contribution in [0.25, 0.3) is 0 Å². The van der Waals surface area contributed by atoms with Crippen molar-refractivity contribution in [2.45, 2.75) is 26.7 Å². The van der Waals surface area contributed by atoms with Gasteiger partial charge in [0.1, 0.15) is 0 Å². The van der Waals surface area contributed by atoms with Crippen molar-refractivity contribution in [2.75, 3.05) is 6.61 Å². The Balaban J connectivity index is 2.16. The minimum absolute atomic E-state index is 0.0653. The fraction of sp³-hybridized carbons (Fsp3) is 0.462. The van der Waals surface area contributed by atoms with Gasteiger partial charge < -0.3 is 0 Å². The predicted molar refractivity (Wildman–Crippen MR) is 63.7 cm³/mol. The Labute approximate surface area is 96.8 Å². The van der Waals surface area contributed by atoms with E-state index in [0.29, 0.717) is 18.9 Å². The summed E-state index contributed by atoms with van der Waals surface area (Å²) in [6.45, 7) is 4.63. The molecule has 1 rings (SSSR count). The quantitative estimate of drug-likeness (QED) is 0.749. The molecule has 0 aliphatic carbocycles. The molecule has 3 heteroatoms. The molecule has 0 saturated carbocycles. The Morgan fingerprint density at radius 1 is 1.31 bits per heavy atom. The first-order chi connectivity index (χ1) is 7.68. The van der Waals surface area contributed by atoms with Crippen molar-refractivity contribution in [2.24, 2.45) is 5.92 Å². The van der Waals surface area contributed by atoms with E-state index in [1.165, 1.54) is 5.56 Å². The summed E-state index contributed by atoms with van der Waals surface area (Å²) < 4.78 is 0. The molecule has 88 valence electrons. The maximum Gasteiger partial charge on any atom is 0.243 e. The summed E-state index contributed by atoms with van der Waals surface area (Å²) in [4.78, 5) is 16.4. The van der Waals surface area contributed by atoms with Crippen LogP contribution in [0.15, 0.2) is 30.3 Å². The third kappa shape index (κ3) is 5.51. The van der Waals surface area contributed by atoms with Gasteiger partial charge in [0.25, 0.3) is 0 Å². The SMILES string of the molecule is CC(C)CONC(=O)CCc1ccccc1. The van der Waals surface area contributed by atoms with Gasteiger partial charge in [-0.3, -0.25) is 9.63 Å². The number of aryl methyl sites for hydroxylation is 1. The molecule has 0 bridgehead atoms. The van der Waals surface area contributed by atoms with Crippen LogP contribution in [0.3, 0.4) is 0 Å². The van der Waals surface area contributed by atoms with Gasteiger partial charge in [0.15, 0.2) is 0 Å². The van der Waals surface area contributed by atoms with Gasteiger partial charge >= 0.3 is 0 Å². The van der Waals surface area contributed by atoms with Gasteiger partial charge in [-0.1, -0.05) is 44.2 Å². The van der Waals surface area contributed by atoms with Gasteiger partial charge in [0.2, 0.25) is 5.91 Å². The molecular formula is C13H19NO2. The fourth-order valence-corrected chi connectivity index (χ4v) is 1.24. The van der Waals surface area contributed by atoms with Gasteiger partial charge in [-0.25, -0.2) is 5.48 Å². The lowest BCUT2D eigenvalue weighted by molar-refractivity contribution is -0.134. The minimum Gasteiger partial charge on any atom is -0.273 e. The number of amides is 1. The second kappa shape index (κ2) is 7.01. The monoisotopic (exact) mass is 221 g/mol. The van der Waals surface area contributed by atoms with Crippen LogP contribution in [0.5, 0.6) is 0 Å². The zero-order valence-electron chi connectivity index (χ0n) is 9.90. The molecular weight excluding hydrogens is 202 g/mol. The third-order valence-corrected chi connectivity index (χ3v) is 2.09. The van der Waals surface area contributed by atoms with Gasteiger partial charge in [-0.15, -0.1) is 0 Å². The number of rotatable bonds is 6. The first-order valence-corrected chi connectivity index (χ1v) is 5.63. The molecule has 0 aromatic heterocycles. The molecule has 1 amide bonds. The summed E-state index contributed by atoms with van der Waals surface area (Å²) in [6, 6.07) is 9.95. The summed E-state index contributed by atoms with van der Waals surface area (Å²) in [7, 11) is 0. The molecule has 0 radical (unpaired) electrons. The second-order valence-corrected chi connectivity index (χ2v) is 4.22. The van der Waals surface area contributed by atoms with E-state index >= 15 is 0 Å². The normalized spacial score (nSPS) is 10.4. The van der Waals surface area contributed by atoms with Crippen LogP contribution in [0.2, 0.25) is 0 Å². The molecule has 1 N–H and O–H groups in total. The average Bonchev–Trinajstić information content (AvgIpc) is 2.27. The van der Waals surface area contributed by atoms with Crippen molar-refractivity contribution in [3.63, 3.8) is 0 Å². The van der Waals surface area contributed by atoms with E-state index in [9.17, 15) is 4.79 Å². The largest absolute Gasteiger partial charge is 0.273 e. The van der Waals surface area contributed by atoms with Gasteiger partial charge in [0, 0.05) is 6.42 Å². The zero-order valence-corrected chi connectivity index (χ0v) is 9.90. The van der Waals surface area contributed by atoms with E-state index in [-0.39, 0.29) is 5.91 Å². The first kappa shape index (κ1) is 12.7. The minimum atomic E-state index is -0.0653. The lowest BCUT2D eigenvalue weighted by atomic mass is 10.1. The Kier molecular flexibility index (Phi) is 5.57. The lowest BCUT2D eigenvalue weighted by Gasteiger charge is -2.07. The predicted octanol–water partition coefficient (Wildman–Crippen LogP) is 2.32. The highest BCUT2D eigenvalue weighted by atomic mass is 16.6. The molecule has 0 aliphatic heterocycles. The molecule has 0 saturated heterocycles. The van der Waals surface area contributed by atoms with Gasteiger partial charge in [-0.2, -0.15) is 0 Å². The van der Waals surface area contributed by atoms with Crippen LogP contribution < -0.4 is 5.48 Å². The van der Waals surface area contributed by atoms with Crippen LogP contribution >= 0.6 is 0 Å². The van der Waals surface area contributed by atoms with Crippen molar-refractivity contribution in [3.05, 3.63) is 35.9 Å². The summed E-state index contributed by atoms with van der Waals surface area (Å²) in [5, 5.41) is 0. The van der Waals surface area contributed by atoms with E-state index in [4.69, 9.17) is 4.84 Å². The Bertz CT molecular complexity index is 309. The first-order valence-electron chi connectivity index (χ1n) is 5.63. The highest BCUT2D eigenvalue weighted by molar-refractivity contribution is 5.75. The summed E-state index contributed by atoms with van der Waals surface area (Å²) >= 11 is 0. The standard InChI is InChI=1S/C13H19NO2/c1-11(2)10-16-14-13(15)9-8-12-6-4-3-5-7-12/h3-7,11H,8-10H2,1-2H3,(H,14,15). The van der Waals surface area contributed by atoms with E-state index in [2.05, 4.69) is 5.48 Å². The molecule has 1 aromatic rings. The van der Waals surface area contributed by atoms with E-state index in [0.717, 1.165) is 6.42 Å². The van der Waals surface area contributed by atoms with Crippen molar-refractivity contribution in [3.8, 4) is 0 Å². The number of hydrogen-bond donors (Lipinski definition) is 1. The van der Waals surface area contributed by atoms with Gasteiger partial charge in [0.05, 0.1) is 6.61 Å². The van der Waals surface area contributed by atoms with E-state index in [1.54, 1.807) is 0 Å². The number of nitrogens with one attached hydrogen (secondary N) is 1. The van der Waals surface area contributed by atoms with Gasteiger partial charge in [-0.05, 0) is 17.9 Å². The average molecular weight is 221 g/mol. The van der Waals surface area contributed by atoms with Crippen molar-refractivity contribution in [1.29, 1.82) is 0 Å². The van der Waals surface area contributed by atoms with E-state index < -0.39 is 0 Å². The number of benzene rings is 1. The molecule has 0 spiro atoms. The van der Waals surface area contributed by atoms with Crippen molar-refractivity contribution in [1.82, 2.24) is 5.48 Å². The van der Waals surface area contributed by atoms with Crippen LogP contribution in [-0.2, 0) is 16.1 Å². The maximum atomic E-state index is 11.4. The van der Waals surface area contributed by atoms with Crippen molar-refractivity contribution < 1.29 is 9.63 Å². The third-order valence-electron chi connectivity index (χ3n) is 2.09. The fourth-order valence-electron chi connectivity index (χ4n) is 1.24. The molecule has 0 atom stereocenters. The lowest BCUT2D eigenvalue weighted by Crippen LogP contribution is -2.25. The molecule has 3 nitrogen and oxygen atoms in total. The highest BCUT2D eigenvalue weighted by Crippen LogP contribution is 2.02. The Hall–Kier alpha value is -1.35. The maximum absolute atomic E-state index is 11.4. The molecule has 0 aliphatic rings. The number of carbonyl (C=O) groups excluding carboxylic acids is 1. The number of hydroxylamine groups is 1. The molecule has 0 heterocycles. The molecule has 0 unspecified atom stereocenters. The van der Waals surface area contributed by atoms with Crippen LogP contribution in [0.1, 0.15) is 25.8 Å². The van der Waals surface area contributed by atoms with Crippen molar-refractivity contribution >= 4 is 5.91 Å². The molecule has 0 fully saturated rings. The Morgan fingerprint density at radius 2 is 2.00 bits per heavy atom. The zero-order chi connectivity index (χ0) is 11.8. The smallest absolute Gasteiger partial charge is 0.243 e. The summed E-state index contributed by atoms with van der Waals surface area (Å²) in [6.07, 6.45) is 1.21. The molecule has 16 heavy (non-hydrogen) atoms. The van der Waals surface area contributed by atoms with Crippen LogP contribution in [0, 0.1) is 5.92 Å². The Morgan fingerprint density at radius 3 is 2.62 bits per heavy atom. The van der Waals surface area contributed by atoms with E-state index in [1.807, 2.05) is 44.2 Å².